The first-order chi connectivity index (χ1) is 9.13. The number of aliphatic hydroxyl groups excluding tert-OH is 1. The van der Waals surface area contributed by atoms with Crippen LogP contribution in [0.1, 0.15) is 12.0 Å². The molecule has 0 radical (unpaired) electrons. The topological polar surface area (TPSA) is 59.0 Å². The van der Waals surface area contributed by atoms with E-state index in [1.165, 1.54) is 0 Å². The van der Waals surface area contributed by atoms with E-state index in [-0.39, 0.29) is 12.0 Å². The molecule has 1 unspecified atom stereocenters. The maximum atomic E-state index is 12.1. The zero-order valence-electron chi connectivity index (χ0n) is 11.3. The third kappa shape index (κ3) is 3.17. The average molecular weight is 265 g/mol. The second-order valence-electron chi connectivity index (χ2n) is 4.65. The molecule has 1 heterocycles. The molecule has 1 aromatic carbocycles. The van der Waals surface area contributed by atoms with E-state index in [0.29, 0.717) is 37.4 Å². The van der Waals surface area contributed by atoms with Crippen molar-refractivity contribution in [3.05, 3.63) is 23.8 Å². The van der Waals surface area contributed by atoms with Crippen LogP contribution in [0.15, 0.2) is 18.2 Å². The number of hydrogen-bond donors (Lipinski definition) is 1. The average Bonchev–Trinajstić information content (AvgIpc) is 2.85. The number of β-amino-alcohol motifs (C(OH)–C–C–N with tert-alkyl or cyclic N) is 1. The van der Waals surface area contributed by atoms with Gasteiger partial charge in [0.15, 0.2) is 11.5 Å². The lowest BCUT2D eigenvalue weighted by Gasteiger charge is -2.16. The van der Waals surface area contributed by atoms with Crippen LogP contribution in [0.25, 0.3) is 0 Å². The Morgan fingerprint density at radius 1 is 1.37 bits per heavy atom. The van der Waals surface area contributed by atoms with Gasteiger partial charge in [-0.05, 0) is 24.1 Å². The Morgan fingerprint density at radius 2 is 2.11 bits per heavy atom. The molecule has 1 fully saturated rings. The number of nitrogens with zero attached hydrogens (tertiary/aromatic N) is 1. The number of carbonyl (C=O) groups is 1. The summed E-state index contributed by atoms with van der Waals surface area (Å²) in [5.74, 6) is 1.30. The zero-order valence-corrected chi connectivity index (χ0v) is 11.3. The highest BCUT2D eigenvalue weighted by atomic mass is 16.5. The van der Waals surface area contributed by atoms with E-state index in [0.717, 1.165) is 5.56 Å². The Balaban J connectivity index is 2.04. The lowest BCUT2D eigenvalue weighted by molar-refractivity contribution is -0.129. The summed E-state index contributed by atoms with van der Waals surface area (Å²) >= 11 is 0. The van der Waals surface area contributed by atoms with Gasteiger partial charge < -0.3 is 19.5 Å². The van der Waals surface area contributed by atoms with Crippen molar-refractivity contribution in [3.63, 3.8) is 0 Å². The van der Waals surface area contributed by atoms with Crippen LogP contribution >= 0.6 is 0 Å². The van der Waals surface area contributed by atoms with Crippen molar-refractivity contribution in [3.8, 4) is 11.5 Å². The summed E-state index contributed by atoms with van der Waals surface area (Å²) < 4.78 is 10.4. The highest BCUT2D eigenvalue weighted by Crippen LogP contribution is 2.28. The molecule has 0 aromatic heterocycles. The summed E-state index contributed by atoms with van der Waals surface area (Å²) in [4.78, 5) is 13.8. The number of ether oxygens (including phenoxy) is 2. The van der Waals surface area contributed by atoms with Crippen molar-refractivity contribution in [2.24, 2.45) is 0 Å². The highest BCUT2D eigenvalue weighted by Gasteiger charge is 2.24. The van der Waals surface area contributed by atoms with Crippen LogP contribution in [0.2, 0.25) is 0 Å². The van der Waals surface area contributed by atoms with Gasteiger partial charge in [-0.1, -0.05) is 6.07 Å². The van der Waals surface area contributed by atoms with Crippen LogP contribution in [0.3, 0.4) is 0 Å². The number of likely N-dealkylation sites (tertiary alicyclic amines) is 1. The van der Waals surface area contributed by atoms with Gasteiger partial charge in [-0.2, -0.15) is 0 Å². The van der Waals surface area contributed by atoms with Crippen molar-refractivity contribution >= 4 is 5.91 Å². The Kier molecular flexibility index (Phi) is 4.27. The second-order valence-corrected chi connectivity index (χ2v) is 4.65. The first-order valence-electron chi connectivity index (χ1n) is 6.30. The fraction of sp³-hybridized carbons (Fsp3) is 0.500. The third-order valence-electron chi connectivity index (χ3n) is 3.32. The van der Waals surface area contributed by atoms with Crippen molar-refractivity contribution in [1.29, 1.82) is 0 Å². The summed E-state index contributed by atoms with van der Waals surface area (Å²) in [5.41, 5.74) is 0.879. The lowest BCUT2D eigenvalue weighted by Crippen LogP contribution is -2.30. The Morgan fingerprint density at radius 3 is 2.68 bits per heavy atom. The SMILES string of the molecule is COc1ccc(CC(=O)N2CCC(O)C2)cc1OC. The van der Waals surface area contributed by atoms with E-state index in [2.05, 4.69) is 0 Å². The van der Waals surface area contributed by atoms with Crippen LogP contribution in [-0.2, 0) is 11.2 Å². The summed E-state index contributed by atoms with van der Waals surface area (Å²) in [6.45, 7) is 1.07. The molecule has 1 saturated heterocycles. The molecular formula is C14H19NO4. The molecule has 19 heavy (non-hydrogen) atoms. The standard InChI is InChI=1S/C14H19NO4/c1-18-12-4-3-10(7-13(12)19-2)8-14(17)15-6-5-11(16)9-15/h3-4,7,11,16H,5-6,8-9H2,1-2H3. The van der Waals surface area contributed by atoms with E-state index >= 15 is 0 Å². The summed E-state index contributed by atoms with van der Waals surface area (Å²) in [6.07, 6.45) is 0.597. The largest absolute Gasteiger partial charge is 0.493 e. The number of methoxy groups -OCH3 is 2. The Bertz CT molecular complexity index is 461. The van der Waals surface area contributed by atoms with Crippen LogP contribution < -0.4 is 9.47 Å². The number of benzene rings is 1. The monoisotopic (exact) mass is 265 g/mol. The predicted octanol–water partition coefficient (Wildman–Crippen LogP) is 0.839. The molecule has 1 amide bonds. The second kappa shape index (κ2) is 5.93. The van der Waals surface area contributed by atoms with Crippen LogP contribution in [-0.4, -0.2) is 49.3 Å². The first-order valence-corrected chi connectivity index (χ1v) is 6.30. The maximum Gasteiger partial charge on any atom is 0.227 e. The molecule has 1 aliphatic heterocycles. The number of rotatable bonds is 4. The molecule has 0 spiro atoms. The van der Waals surface area contributed by atoms with Crippen molar-refractivity contribution in [2.45, 2.75) is 18.9 Å². The van der Waals surface area contributed by atoms with E-state index in [1.807, 2.05) is 12.1 Å². The van der Waals surface area contributed by atoms with Gasteiger partial charge in [0.25, 0.3) is 0 Å². The minimum Gasteiger partial charge on any atom is -0.493 e. The maximum absolute atomic E-state index is 12.1. The third-order valence-corrected chi connectivity index (χ3v) is 3.32. The molecule has 1 N–H and O–H groups in total. The minimum atomic E-state index is -0.380. The van der Waals surface area contributed by atoms with Gasteiger partial charge >= 0.3 is 0 Å². The molecule has 1 atom stereocenters. The molecule has 2 rings (SSSR count). The smallest absolute Gasteiger partial charge is 0.227 e. The number of hydrogen-bond acceptors (Lipinski definition) is 4. The molecule has 0 aliphatic carbocycles. The number of carbonyl (C=O) groups excluding carboxylic acids is 1. The summed E-state index contributed by atoms with van der Waals surface area (Å²) in [5, 5.41) is 9.43. The molecule has 0 bridgehead atoms. The Labute approximate surface area is 112 Å². The van der Waals surface area contributed by atoms with Crippen LogP contribution in [0.5, 0.6) is 11.5 Å². The van der Waals surface area contributed by atoms with Gasteiger partial charge in [-0.25, -0.2) is 0 Å². The lowest BCUT2D eigenvalue weighted by atomic mass is 10.1. The Hall–Kier alpha value is -1.75. The van der Waals surface area contributed by atoms with Gasteiger partial charge in [-0.15, -0.1) is 0 Å². The first kappa shape index (κ1) is 13.7. The van der Waals surface area contributed by atoms with Crippen LogP contribution in [0.4, 0.5) is 0 Å². The van der Waals surface area contributed by atoms with Crippen molar-refractivity contribution in [2.75, 3.05) is 27.3 Å². The summed E-state index contributed by atoms with van der Waals surface area (Å²) in [6, 6.07) is 5.45. The van der Waals surface area contributed by atoms with Crippen molar-refractivity contribution in [1.82, 2.24) is 4.90 Å². The molecule has 1 aliphatic rings. The van der Waals surface area contributed by atoms with Gasteiger partial charge in [0.2, 0.25) is 5.91 Å². The summed E-state index contributed by atoms with van der Waals surface area (Å²) in [7, 11) is 3.15. The molecule has 1 aromatic rings. The molecule has 5 heteroatoms. The molecule has 5 nitrogen and oxygen atoms in total. The predicted molar refractivity (Wildman–Crippen MR) is 70.5 cm³/mol. The fourth-order valence-corrected chi connectivity index (χ4v) is 2.25. The van der Waals surface area contributed by atoms with Gasteiger partial charge in [0.05, 0.1) is 26.7 Å². The van der Waals surface area contributed by atoms with Gasteiger partial charge in [-0.3, -0.25) is 4.79 Å². The molecule has 104 valence electrons. The normalized spacial score (nSPS) is 18.5. The minimum absolute atomic E-state index is 0.0313. The van der Waals surface area contributed by atoms with Crippen molar-refractivity contribution < 1.29 is 19.4 Å². The van der Waals surface area contributed by atoms with E-state index in [4.69, 9.17) is 9.47 Å². The zero-order chi connectivity index (χ0) is 13.8. The highest BCUT2D eigenvalue weighted by molar-refractivity contribution is 5.79. The van der Waals surface area contributed by atoms with Crippen LogP contribution in [0, 0.1) is 0 Å². The van der Waals surface area contributed by atoms with E-state index in [9.17, 15) is 9.90 Å². The van der Waals surface area contributed by atoms with E-state index < -0.39 is 0 Å². The fourth-order valence-electron chi connectivity index (χ4n) is 2.25. The quantitative estimate of drug-likeness (QED) is 0.876. The van der Waals surface area contributed by atoms with E-state index in [1.54, 1.807) is 25.2 Å². The molecule has 0 saturated carbocycles. The number of amides is 1. The number of aliphatic hydroxyl groups is 1. The van der Waals surface area contributed by atoms with Gasteiger partial charge in [0.1, 0.15) is 0 Å². The van der Waals surface area contributed by atoms with Gasteiger partial charge in [0, 0.05) is 13.1 Å². The molecular weight excluding hydrogens is 246 g/mol.